The second-order valence-corrected chi connectivity index (χ2v) is 6.67. The van der Waals surface area contributed by atoms with Crippen molar-refractivity contribution in [1.29, 1.82) is 0 Å². The maximum Gasteiger partial charge on any atom is 0.332 e. The molecular weight excluding hydrogens is 286 g/mol. The molecule has 0 aliphatic rings. The van der Waals surface area contributed by atoms with E-state index in [4.69, 9.17) is 5.73 Å². The number of unbranched alkanes of at least 4 members (excludes halogenated alkanes) is 13. The van der Waals surface area contributed by atoms with Crippen LogP contribution in [-0.2, 0) is 0 Å². The normalized spacial score (nSPS) is 11.7. The summed E-state index contributed by atoms with van der Waals surface area (Å²) in [5.74, 6) is 0. The summed E-state index contributed by atoms with van der Waals surface area (Å²) in [4.78, 5) is 10.5. The van der Waals surface area contributed by atoms with Crippen LogP contribution in [0.1, 0.15) is 110 Å². The molecule has 0 aliphatic carbocycles. The van der Waals surface area contributed by atoms with Gasteiger partial charge in [-0.3, -0.25) is 0 Å². The topological polar surface area (TPSA) is 67.5 Å². The van der Waals surface area contributed by atoms with Crippen molar-refractivity contribution < 1.29 is 4.79 Å². The van der Waals surface area contributed by atoms with E-state index in [1.54, 1.807) is 0 Å². The van der Waals surface area contributed by atoms with Gasteiger partial charge in [-0.2, -0.15) is 5.10 Å². The first kappa shape index (κ1) is 21.9. The highest BCUT2D eigenvalue weighted by Gasteiger charge is 1.96. The fourth-order valence-corrected chi connectivity index (χ4v) is 2.78. The molecule has 136 valence electrons. The van der Waals surface area contributed by atoms with Crippen LogP contribution >= 0.6 is 0 Å². The molecule has 0 heterocycles. The van der Waals surface area contributed by atoms with Gasteiger partial charge in [-0.05, 0) is 19.8 Å². The Kier molecular flexibility index (Phi) is 16.5. The van der Waals surface area contributed by atoms with Crippen LogP contribution in [-0.4, -0.2) is 11.7 Å². The molecule has 4 nitrogen and oxygen atoms in total. The average molecular weight is 326 g/mol. The molecule has 2 amide bonds. The number of hydrogen-bond donors (Lipinski definition) is 2. The summed E-state index contributed by atoms with van der Waals surface area (Å²) in [6.07, 6.45) is 20.1. The van der Waals surface area contributed by atoms with E-state index in [0.717, 1.165) is 18.6 Å². The third-order valence-corrected chi connectivity index (χ3v) is 4.25. The fourth-order valence-electron chi connectivity index (χ4n) is 2.78. The van der Waals surface area contributed by atoms with Gasteiger partial charge in [0.15, 0.2) is 0 Å². The van der Waals surface area contributed by atoms with Crippen LogP contribution in [0.4, 0.5) is 4.79 Å². The van der Waals surface area contributed by atoms with E-state index in [1.807, 2.05) is 6.92 Å². The maximum atomic E-state index is 10.5. The lowest BCUT2D eigenvalue weighted by Crippen LogP contribution is -2.25. The minimum atomic E-state index is -0.592. The minimum absolute atomic E-state index is 0.592. The van der Waals surface area contributed by atoms with Gasteiger partial charge in [-0.1, -0.05) is 90.4 Å². The average Bonchev–Trinajstić information content (AvgIpc) is 2.53. The molecule has 0 saturated carbocycles. The smallest absolute Gasteiger partial charge is 0.332 e. The van der Waals surface area contributed by atoms with Gasteiger partial charge in [0, 0.05) is 5.71 Å². The standard InChI is InChI=1S/C19H39N3O/c1-3-4-5-6-7-8-9-10-11-12-13-14-15-16-17-18(2)21-22-19(20)23/h3-17H2,1-2H3,(H3,20,22,23). The molecule has 3 N–H and O–H groups in total. The highest BCUT2D eigenvalue weighted by Crippen LogP contribution is 2.13. The molecule has 0 unspecified atom stereocenters. The highest BCUT2D eigenvalue weighted by molar-refractivity contribution is 5.83. The van der Waals surface area contributed by atoms with E-state index in [1.165, 1.54) is 83.5 Å². The van der Waals surface area contributed by atoms with Gasteiger partial charge in [0.1, 0.15) is 0 Å². The van der Waals surface area contributed by atoms with Gasteiger partial charge in [0.25, 0.3) is 0 Å². The van der Waals surface area contributed by atoms with Gasteiger partial charge in [0.05, 0.1) is 0 Å². The predicted molar refractivity (Wildman–Crippen MR) is 101 cm³/mol. The maximum absolute atomic E-state index is 10.5. The molecule has 0 aromatic heterocycles. The fraction of sp³-hybridized carbons (Fsp3) is 0.895. The number of nitrogens with zero attached hydrogens (tertiary/aromatic N) is 1. The Morgan fingerprint density at radius 2 is 1.17 bits per heavy atom. The quantitative estimate of drug-likeness (QED) is 0.207. The number of nitrogens with two attached hydrogens (primary N) is 1. The molecule has 4 heteroatoms. The summed E-state index contributed by atoms with van der Waals surface area (Å²) in [6, 6.07) is -0.592. The number of amides is 2. The van der Waals surface area contributed by atoms with Gasteiger partial charge in [-0.15, -0.1) is 0 Å². The van der Waals surface area contributed by atoms with Crippen LogP contribution in [0.2, 0.25) is 0 Å². The molecule has 0 fully saturated rings. The molecular formula is C19H39N3O. The molecule has 23 heavy (non-hydrogen) atoms. The van der Waals surface area contributed by atoms with Gasteiger partial charge in [0.2, 0.25) is 0 Å². The predicted octanol–water partition coefficient (Wildman–Crippen LogP) is 5.90. The number of hydrazone groups is 1. The molecule has 0 atom stereocenters. The monoisotopic (exact) mass is 325 g/mol. The summed E-state index contributed by atoms with van der Waals surface area (Å²) < 4.78 is 0. The van der Waals surface area contributed by atoms with Crippen molar-refractivity contribution in [3.05, 3.63) is 0 Å². The Morgan fingerprint density at radius 3 is 1.57 bits per heavy atom. The number of nitrogens with one attached hydrogen (secondary N) is 1. The minimum Gasteiger partial charge on any atom is -0.350 e. The third-order valence-electron chi connectivity index (χ3n) is 4.25. The van der Waals surface area contributed by atoms with Crippen LogP contribution < -0.4 is 11.2 Å². The van der Waals surface area contributed by atoms with E-state index in [9.17, 15) is 4.79 Å². The molecule has 0 aliphatic heterocycles. The third kappa shape index (κ3) is 18.9. The Hall–Kier alpha value is -1.06. The van der Waals surface area contributed by atoms with Crippen LogP contribution in [0.3, 0.4) is 0 Å². The van der Waals surface area contributed by atoms with Crippen LogP contribution in [0, 0.1) is 0 Å². The van der Waals surface area contributed by atoms with E-state index >= 15 is 0 Å². The highest BCUT2D eigenvalue weighted by atomic mass is 16.2. The lowest BCUT2D eigenvalue weighted by atomic mass is 10.0. The van der Waals surface area contributed by atoms with Crippen LogP contribution in [0.15, 0.2) is 5.10 Å². The van der Waals surface area contributed by atoms with Gasteiger partial charge < -0.3 is 5.73 Å². The van der Waals surface area contributed by atoms with E-state index in [0.29, 0.717) is 0 Å². The number of urea groups is 1. The Labute approximate surface area is 143 Å². The molecule has 0 radical (unpaired) electrons. The van der Waals surface area contributed by atoms with Crippen molar-refractivity contribution in [3.8, 4) is 0 Å². The van der Waals surface area contributed by atoms with Crippen molar-refractivity contribution >= 4 is 11.7 Å². The number of rotatable bonds is 16. The zero-order chi connectivity index (χ0) is 17.2. The molecule has 0 aromatic carbocycles. The molecule has 0 saturated heterocycles. The first-order valence-corrected chi connectivity index (χ1v) is 9.75. The van der Waals surface area contributed by atoms with Crippen LogP contribution in [0.5, 0.6) is 0 Å². The van der Waals surface area contributed by atoms with Gasteiger partial charge in [-0.25, -0.2) is 10.2 Å². The zero-order valence-corrected chi connectivity index (χ0v) is 15.5. The Bertz CT molecular complexity index is 303. The Balaban J connectivity index is 3.16. The lowest BCUT2D eigenvalue weighted by Gasteiger charge is -2.03. The van der Waals surface area contributed by atoms with E-state index in [-0.39, 0.29) is 0 Å². The molecule has 0 rings (SSSR count). The van der Waals surface area contributed by atoms with Crippen LogP contribution in [0.25, 0.3) is 0 Å². The summed E-state index contributed by atoms with van der Waals surface area (Å²) in [5, 5.41) is 3.91. The van der Waals surface area contributed by atoms with E-state index < -0.39 is 6.03 Å². The number of primary amides is 1. The number of hydrogen-bond acceptors (Lipinski definition) is 2. The zero-order valence-electron chi connectivity index (χ0n) is 15.5. The summed E-state index contributed by atoms with van der Waals surface area (Å²) in [6.45, 7) is 4.20. The summed E-state index contributed by atoms with van der Waals surface area (Å²) >= 11 is 0. The van der Waals surface area contributed by atoms with E-state index in [2.05, 4.69) is 17.5 Å². The summed E-state index contributed by atoms with van der Waals surface area (Å²) in [7, 11) is 0. The first-order valence-electron chi connectivity index (χ1n) is 9.75. The van der Waals surface area contributed by atoms with Crippen molar-refractivity contribution in [2.24, 2.45) is 10.8 Å². The van der Waals surface area contributed by atoms with Crippen molar-refractivity contribution in [2.75, 3.05) is 0 Å². The second-order valence-electron chi connectivity index (χ2n) is 6.67. The largest absolute Gasteiger partial charge is 0.350 e. The number of carbonyl (C=O) groups excluding carboxylic acids is 1. The van der Waals surface area contributed by atoms with Gasteiger partial charge >= 0.3 is 6.03 Å². The Morgan fingerprint density at radius 1 is 0.783 bits per heavy atom. The molecule has 0 spiro atoms. The second kappa shape index (κ2) is 17.3. The summed E-state index contributed by atoms with van der Waals surface area (Å²) in [5.41, 5.74) is 8.18. The molecule has 0 aromatic rings. The number of carbonyl (C=O) groups is 1. The van der Waals surface area contributed by atoms with Crippen molar-refractivity contribution in [2.45, 2.75) is 110 Å². The van der Waals surface area contributed by atoms with Crippen molar-refractivity contribution in [1.82, 2.24) is 5.43 Å². The lowest BCUT2D eigenvalue weighted by molar-refractivity contribution is 0.249. The van der Waals surface area contributed by atoms with Crippen molar-refractivity contribution in [3.63, 3.8) is 0 Å². The first-order chi connectivity index (χ1) is 11.2. The SMILES string of the molecule is CCCCCCCCCCCCCCCCC(C)=NNC(N)=O. The molecule has 0 bridgehead atoms.